The first-order valence-electron chi connectivity index (χ1n) is 6.66. The summed E-state index contributed by atoms with van der Waals surface area (Å²) in [5.74, 6) is 0.0959. The molecule has 0 spiro atoms. The van der Waals surface area contributed by atoms with Gasteiger partial charge in [-0.2, -0.15) is 0 Å². The Balaban J connectivity index is 1.70. The lowest BCUT2D eigenvalue weighted by molar-refractivity contribution is -0.127. The Hall–Kier alpha value is -2.08. The summed E-state index contributed by atoms with van der Waals surface area (Å²) in [6.45, 7) is 0.201. The van der Waals surface area contributed by atoms with Crippen LogP contribution in [0.4, 0.5) is 0 Å². The first-order chi connectivity index (χ1) is 9.69. The number of amides is 2. The fraction of sp³-hybridized carbons (Fsp3) is 0.429. The second-order valence-corrected chi connectivity index (χ2v) is 4.72. The van der Waals surface area contributed by atoms with Gasteiger partial charge in [-0.05, 0) is 18.9 Å². The van der Waals surface area contributed by atoms with E-state index in [1.807, 2.05) is 18.2 Å². The van der Waals surface area contributed by atoms with Gasteiger partial charge in [0.2, 0.25) is 5.91 Å². The molecule has 0 saturated heterocycles. The van der Waals surface area contributed by atoms with E-state index in [-0.39, 0.29) is 25.0 Å². The van der Waals surface area contributed by atoms with Crippen LogP contribution in [0.2, 0.25) is 0 Å². The van der Waals surface area contributed by atoms with E-state index in [0.717, 1.165) is 18.4 Å². The molecule has 1 aromatic rings. The molecule has 4 N–H and O–H groups in total. The van der Waals surface area contributed by atoms with E-state index in [0.29, 0.717) is 18.3 Å². The van der Waals surface area contributed by atoms with E-state index in [9.17, 15) is 9.59 Å². The van der Waals surface area contributed by atoms with Crippen molar-refractivity contribution in [2.24, 2.45) is 5.73 Å². The third-order valence-corrected chi connectivity index (χ3v) is 2.94. The van der Waals surface area contributed by atoms with Crippen molar-refractivity contribution in [3.8, 4) is 5.75 Å². The molecule has 0 aromatic heterocycles. The minimum atomic E-state index is -0.331. The van der Waals surface area contributed by atoms with Crippen LogP contribution in [0.3, 0.4) is 0 Å². The SMILES string of the molecule is NCc1ccccc1OCC(=O)NCC(=O)NC1CC1. The zero-order valence-corrected chi connectivity index (χ0v) is 11.2. The van der Waals surface area contributed by atoms with Crippen LogP contribution in [-0.4, -0.2) is 31.0 Å². The summed E-state index contributed by atoms with van der Waals surface area (Å²) >= 11 is 0. The zero-order chi connectivity index (χ0) is 14.4. The molecule has 1 saturated carbocycles. The topological polar surface area (TPSA) is 93.4 Å². The summed E-state index contributed by atoms with van der Waals surface area (Å²) in [5, 5.41) is 5.31. The Bertz CT molecular complexity index is 486. The Morgan fingerprint density at radius 3 is 2.70 bits per heavy atom. The molecule has 1 aromatic carbocycles. The van der Waals surface area contributed by atoms with Gasteiger partial charge >= 0.3 is 0 Å². The molecule has 0 radical (unpaired) electrons. The smallest absolute Gasteiger partial charge is 0.258 e. The van der Waals surface area contributed by atoms with Crippen molar-refractivity contribution in [1.82, 2.24) is 10.6 Å². The monoisotopic (exact) mass is 277 g/mol. The van der Waals surface area contributed by atoms with Crippen LogP contribution in [-0.2, 0) is 16.1 Å². The number of benzene rings is 1. The van der Waals surface area contributed by atoms with Gasteiger partial charge in [-0.1, -0.05) is 18.2 Å². The summed E-state index contributed by atoms with van der Waals surface area (Å²) in [5.41, 5.74) is 6.41. The highest BCUT2D eigenvalue weighted by atomic mass is 16.5. The molecule has 0 aliphatic heterocycles. The van der Waals surface area contributed by atoms with Crippen LogP contribution in [0.5, 0.6) is 5.75 Å². The largest absolute Gasteiger partial charge is 0.483 e. The molecule has 20 heavy (non-hydrogen) atoms. The second kappa shape index (κ2) is 6.91. The van der Waals surface area contributed by atoms with Crippen molar-refractivity contribution < 1.29 is 14.3 Å². The van der Waals surface area contributed by atoms with E-state index in [1.54, 1.807) is 6.07 Å². The number of hydrogen-bond acceptors (Lipinski definition) is 4. The van der Waals surface area contributed by atoms with E-state index < -0.39 is 0 Å². The minimum absolute atomic E-state index is 0.0166. The van der Waals surface area contributed by atoms with Crippen LogP contribution in [0.1, 0.15) is 18.4 Å². The molecule has 1 aliphatic carbocycles. The van der Waals surface area contributed by atoms with Gasteiger partial charge in [-0.3, -0.25) is 9.59 Å². The van der Waals surface area contributed by atoms with Gasteiger partial charge in [0.05, 0.1) is 6.54 Å². The number of ether oxygens (including phenoxy) is 1. The number of rotatable bonds is 7. The third-order valence-electron chi connectivity index (χ3n) is 2.94. The third kappa shape index (κ3) is 4.55. The summed E-state index contributed by atoms with van der Waals surface area (Å²) < 4.78 is 5.39. The van der Waals surface area contributed by atoms with Crippen molar-refractivity contribution in [2.75, 3.05) is 13.2 Å². The van der Waals surface area contributed by atoms with Gasteiger partial charge in [0.15, 0.2) is 6.61 Å². The van der Waals surface area contributed by atoms with Crippen molar-refractivity contribution in [1.29, 1.82) is 0 Å². The average Bonchev–Trinajstić information content (AvgIpc) is 3.27. The number of carbonyl (C=O) groups is 2. The lowest BCUT2D eigenvalue weighted by Crippen LogP contribution is -2.39. The summed E-state index contributed by atoms with van der Waals surface area (Å²) in [6.07, 6.45) is 2.05. The molecule has 6 heteroatoms. The van der Waals surface area contributed by atoms with Crippen molar-refractivity contribution in [3.05, 3.63) is 29.8 Å². The van der Waals surface area contributed by atoms with Crippen LogP contribution < -0.4 is 21.1 Å². The predicted octanol–water partition coefficient (Wildman–Crippen LogP) is -0.0811. The van der Waals surface area contributed by atoms with Crippen LogP contribution in [0.15, 0.2) is 24.3 Å². The maximum absolute atomic E-state index is 11.6. The fourth-order valence-electron chi connectivity index (χ4n) is 1.69. The second-order valence-electron chi connectivity index (χ2n) is 4.72. The molecule has 2 rings (SSSR count). The fourth-order valence-corrected chi connectivity index (χ4v) is 1.69. The highest BCUT2D eigenvalue weighted by molar-refractivity contribution is 5.85. The van der Waals surface area contributed by atoms with Crippen molar-refractivity contribution in [3.63, 3.8) is 0 Å². The number of nitrogens with two attached hydrogens (primary N) is 1. The highest BCUT2D eigenvalue weighted by Crippen LogP contribution is 2.18. The molecule has 0 atom stereocenters. The quantitative estimate of drug-likeness (QED) is 0.650. The van der Waals surface area contributed by atoms with Gasteiger partial charge < -0.3 is 21.1 Å². The minimum Gasteiger partial charge on any atom is -0.483 e. The number of carbonyl (C=O) groups excluding carboxylic acids is 2. The van der Waals surface area contributed by atoms with Gasteiger partial charge in [0.25, 0.3) is 5.91 Å². The Labute approximate surface area is 117 Å². The van der Waals surface area contributed by atoms with Crippen molar-refractivity contribution >= 4 is 11.8 Å². The van der Waals surface area contributed by atoms with Crippen molar-refractivity contribution in [2.45, 2.75) is 25.4 Å². The Morgan fingerprint density at radius 1 is 1.25 bits per heavy atom. The number of hydrogen-bond donors (Lipinski definition) is 3. The molecule has 1 aliphatic rings. The molecular weight excluding hydrogens is 258 g/mol. The lowest BCUT2D eigenvalue weighted by atomic mass is 10.2. The van der Waals surface area contributed by atoms with Crippen LogP contribution in [0.25, 0.3) is 0 Å². The molecule has 0 heterocycles. The highest BCUT2D eigenvalue weighted by Gasteiger charge is 2.23. The average molecular weight is 277 g/mol. The predicted molar refractivity (Wildman–Crippen MR) is 74.0 cm³/mol. The van der Waals surface area contributed by atoms with E-state index in [2.05, 4.69) is 10.6 Å². The molecular formula is C14H19N3O3. The standard InChI is InChI=1S/C14H19N3O3/c15-7-10-3-1-2-4-12(10)20-9-14(19)16-8-13(18)17-11-5-6-11/h1-4,11H,5-9,15H2,(H,16,19)(H,17,18). The normalized spacial score (nSPS) is 13.7. The van der Waals surface area contributed by atoms with Crippen LogP contribution >= 0.6 is 0 Å². The molecule has 1 fully saturated rings. The van der Waals surface area contributed by atoms with Crippen LogP contribution in [0, 0.1) is 0 Å². The van der Waals surface area contributed by atoms with Gasteiger partial charge in [-0.15, -0.1) is 0 Å². The van der Waals surface area contributed by atoms with E-state index in [4.69, 9.17) is 10.5 Å². The first-order valence-corrected chi connectivity index (χ1v) is 6.66. The first kappa shape index (κ1) is 14.3. The maximum atomic E-state index is 11.6. The van der Waals surface area contributed by atoms with Gasteiger partial charge in [0.1, 0.15) is 5.75 Å². The number of nitrogens with one attached hydrogen (secondary N) is 2. The Kier molecular flexibility index (Phi) is 4.95. The zero-order valence-electron chi connectivity index (χ0n) is 11.2. The molecule has 0 bridgehead atoms. The molecule has 2 amide bonds. The van der Waals surface area contributed by atoms with E-state index in [1.165, 1.54) is 0 Å². The molecule has 108 valence electrons. The molecule has 6 nitrogen and oxygen atoms in total. The summed E-state index contributed by atoms with van der Waals surface area (Å²) in [4.78, 5) is 23.0. The summed E-state index contributed by atoms with van der Waals surface area (Å²) in [6, 6.07) is 7.57. The Morgan fingerprint density at radius 2 is 2.00 bits per heavy atom. The van der Waals surface area contributed by atoms with Gasteiger partial charge in [0, 0.05) is 18.2 Å². The number of para-hydroxylation sites is 1. The summed E-state index contributed by atoms with van der Waals surface area (Å²) in [7, 11) is 0. The lowest BCUT2D eigenvalue weighted by Gasteiger charge is -2.10. The van der Waals surface area contributed by atoms with E-state index >= 15 is 0 Å². The molecule has 0 unspecified atom stereocenters. The van der Waals surface area contributed by atoms with Gasteiger partial charge in [-0.25, -0.2) is 0 Å². The maximum Gasteiger partial charge on any atom is 0.258 e.